The Balaban J connectivity index is 2.61. The van der Waals surface area contributed by atoms with Crippen molar-refractivity contribution in [1.82, 2.24) is 15.0 Å². The highest BCUT2D eigenvalue weighted by Crippen LogP contribution is 2.40. The second kappa shape index (κ2) is 7.72. The highest BCUT2D eigenvalue weighted by molar-refractivity contribution is 5.88. The topological polar surface area (TPSA) is 72.5 Å². The predicted octanol–water partition coefficient (Wildman–Crippen LogP) is 4.46. The van der Waals surface area contributed by atoms with Crippen molar-refractivity contribution in [2.24, 2.45) is 10.9 Å². The summed E-state index contributed by atoms with van der Waals surface area (Å²) in [4.78, 5) is 5.97. The van der Waals surface area contributed by atoms with Crippen LogP contribution in [0.2, 0.25) is 0 Å². The van der Waals surface area contributed by atoms with Gasteiger partial charge in [-0.15, -0.1) is 0 Å². The van der Waals surface area contributed by atoms with Crippen LogP contribution in [0.4, 0.5) is 14.5 Å². The van der Waals surface area contributed by atoms with Crippen LogP contribution in [-0.4, -0.2) is 37.5 Å². The molecule has 0 saturated heterocycles. The zero-order valence-corrected chi connectivity index (χ0v) is 16.5. The van der Waals surface area contributed by atoms with Gasteiger partial charge in [-0.3, -0.25) is 4.99 Å². The summed E-state index contributed by atoms with van der Waals surface area (Å²) >= 11 is 0. The quantitative estimate of drug-likeness (QED) is 0.720. The van der Waals surface area contributed by atoms with Crippen molar-refractivity contribution in [1.29, 1.82) is 0 Å². The summed E-state index contributed by atoms with van der Waals surface area (Å²) in [5.74, 6) is 0.0664. The number of benzene rings is 1. The Hall–Kier alpha value is -2.35. The maximum atomic E-state index is 14.3. The van der Waals surface area contributed by atoms with Gasteiger partial charge in [0.25, 0.3) is 0 Å². The summed E-state index contributed by atoms with van der Waals surface area (Å²) in [6.45, 7) is 9.63. The number of rotatable bonds is 7. The fourth-order valence-corrected chi connectivity index (χ4v) is 2.29. The van der Waals surface area contributed by atoms with Crippen LogP contribution >= 0.6 is 0 Å². The van der Waals surface area contributed by atoms with Gasteiger partial charge < -0.3 is 9.84 Å². The molecule has 27 heavy (non-hydrogen) atoms. The lowest BCUT2D eigenvalue weighted by atomic mass is 10.0. The lowest BCUT2D eigenvalue weighted by Crippen LogP contribution is -2.47. The van der Waals surface area contributed by atoms with Gasteiger partial charge in [0.1, 0.15) is 5.69 Å². The highest BCUT2D eigenvalue weighted by atomic mass is 19.3. The van der Waals surface area contributed by atoms with E-state index in [1.807, 2.05) is 20.8 Å². The molecule has 1 N–H and O–H groups in total. The van der Waals surface area contributed by atoms with E-state index in [4.69, 9.17) is 4.74 Å². The van der Waals surface area contributed by atoms with Crippen LogP contribution in [0.15, 0.2) is 29.5 Å². The summed E-state index contributed by atoms with van der Waals surface area (Å²) in [5, 5.41) is 17.9. The average molecular weight is 380 g/mol. The Morgan fingerprint density at radius 3 is 2.41 bits per heavy atom. The molecule has 1 heterocycles. The molecule has 0 radical (unpaired) electrons. The van der Waals surface area contributed by atoms with Gasteiger partial charge in [0, 0.05) is 11.3 Å². The monoisotopic (exact) mass is 380 g/mol. The molecule has 2 aromatic rings. The van der Waals surface area contributed by atoms with Gasteiger partial charge in [0.2, 0.25) is 0 Å². The van der Waals surface area contributed by atoms with Crippen LogP contribution in [-0.2, 0) is 0 Å². The summed E-state index contributed by atoms with van der Waals surface area (Å²) in [6.07, 6.45) is 0.128. The van der Waals surface area contributed by atoms with Crippen molar-refractivity contribution in [3.05, 3.63) is 30.1 Å². The SMILES string of the molecule is CCC(C)/C(C)=N\c1c(OC(F)(F)C(C)(C)O)ccc(-n2nccn2)c1C. The van der Waals surface area contributed by atoms with Crippen molar-refractivity contribution in [3.63, 3.8) is 0 Å². The maximum Gasteiger partial charge on any atom is 0.426 e. The fraction of sp³-hybridized carbons (Fsp3) is 0.526. The first-order valence-electron chi connectivity index (χ1n) is 8.82. The maximum absolute atomic E-state index is 14.3. The Bertz CT molecular complexity index is 812. The average Bonchev–Trinajstić information content (AvgIpc) is 3.10. The Morgan fingerprint density at radius 1 is 1.30 bits per heavy atom. The van der Waals surface area contributed by atoms with Crippen molar-refractivity contribution in [2.45, 2.75) is 59.7 Å². The number of halogens is 2. The molecule has 0 amide bonds. The second-order valence-electron chi connectivity index (χ2n) is 7.12. The molecule has 1 atom stereocenters. The molecular weight excluding hydrogens is 354 g/mol. The van der Waals surface area contributed by atoms with Gasteiger partial charge in [0.05, 0.1) is 18.1 Å². The van der Waals surface area contributed by atoms with Gasteiger partial charge in [-0.2, -0.15) is 23.8 Å². The Morgan fingerprint density at radius 2 is 1.89 bits per heavy atom. The number of aliphatic hydroxyl groups is 1. The van der Waals surface area contributed by atoms with E-state index < -0.39 is 11.7 Å². The van der Waals surface area contributed by atoms with Crippen molar-refractivity contribution >= 4 is 11.4 Å². The first-order chi connectivity index (χ1) is 12.5. The van der Waals surface area contributed by atoms with Crippen molar-refractivity contribution < 1.29 is 18.6 Å². The number of alkyl halides is 2. The van der Waals surface area contributed by atoms with Crippen molar-refractivity contribution in [2.75, 3.05) is 0 Å². The molecule has 1 aromatic carbocycles. The largest absolute Gasteiger partial charge is 0.428 e. The lowest BCUT2D eigenvalue weighted by molar-refractivity contribution is -0.276. The molecule has 0 aliphatic rings. The van der Waals surface area contributed by atoms with E-state index in [0.29, 0.717) is 11.3 Å². The Labute approximate surface area is 157 Å². The first-order valence-corrected chi connectivity index (χ1v) is 8.82. The fourth-order valence-electron chi connectivity index (χ4n) is 2.29. The number of aromatic nitrogens is 3. The van der Waals surface area contributed by atoms with E-state index in [1.54, 1.807) is 13.0 Å². The normalized spacial score (nSPS) is 14.3. The summed E-state index contributed by atoms with van der Waals surface area (Å²) in [7, 11) is 0. The molecule has 8 heteroatoms. The van der Waals surface area contributed by atoms with Gasteiger partial charge >= 0.3 is 6.11 Å². The van der Waals surface area contributed by atoms with Gasteiger partial charge in [-0.05, 0) is 52.2 Å². The van der Waals surface area contributed by atoms with E-state index in [1.165, 1.54) is 23.3 Å². The number of aliphatic imine (C=N–C) groups is 1. The molecule has 0 fully saturated rings. The van der Waals surface area contributed by atoms with E-state index in [2.05, 4.69) is 15.2 Å². The molecule has 1 unspecified atom stereocenters. The van der Waals surface area contributed by atoms with E-state index in [-0.39, 0.29) is 17.4 Å². The zero-order valence-electron chi connectivity index (χ0n) is 16.5. The third-order valence-corrected chi connectivity index (χ3v) is 4.56. The minimum atomic E-state index is -3.79. The number of hydrogen-bond donors (Lipinski definition) is 1. The van der Waals surface area contributed by atoms with Gasteiger partial charge in [-0.25, -0.2) is 0 Å². The standard InChI is InChI=1S/C19H26F2N4O2/c1-7-12(2)14(4)24-17-13(3)15(25-22-10-11-23-25)8-9-16(17)27-19(20,21)18(5,6)26/h8-12,26H,7H2,1-6H3/b24-14-. The summed E-state index contributed by atoms with van der Waals surface area (Å²) in [6, 6.07) is 2.98. The molecule has 0 aliphatic heterocycles. The van der Waals surface area contributed by atoms with Crippen LogP contribution in [0.25, 0.3) is 5.69 Å². The van der Waals surface area contributed by atoms with Crippen LogP contribution in [0.1, 0.15) is 46.6 Å². The third kappa shape index (κ3) is 4.50. The molecule has 6 nitrogen and oxygen atoms in total. The van der Waals surface area contributed by atoms with Gasteiger partial charge in [-0.1, -0.05) is 13.8 Å². The van der Waals surface area contributed by atoms with E-state index >= 15 is 0 Å². The van der Waals surface area contributed by atoms with E-state index in [9.17, 15) is 13.9 Å². The number of hydrogen-bond acceptors (Lipinski definition) is 5. The molecule has 0 spiro atoms. The smallest absolute Gasteiger partial charge is 0.426 e. The van der Waals surface area contributed by atoms with Crippen LogP contribution in [0.5, 0.6) is 5.75 Å². The predicted molar refractivity (Wildman–Crippen MR) is 100 cm³/mol. The van der Waals surface area contributed by atoms with Crippen molar-refractivity contribution in [3.8, 4) is 11.4 Å². The molecule has 0 bridgehead atoms. The zero-order chi connectivity index (χ0) is 20.4. The second-order valence-corrected chi connectivity index (χ2v) is 7.12. The minimum absolute atomic E-state index is 0.113. The number of ether oxygens (including phenoxy) is 1. The minimum Gasteiger partial charge on any atom is -0.428 e. The molecule has 2 rings (SSSR count). The van der Waals surface area contributed by atoms with Gasteiger partial charge in [0.15, 0.2) is 11.4 Å². The third-order valence-electron chi connectivity index (χ3n) is 4.56. The van der Waals surface area contributed by atoms with Crippen LogP contribution in [0, 0.1) is 12.8 Å². The lowest BCUT2D eigenvalue weighted by Gasteiger charge is -2.29. The highest BCUT2D eigenvalue weighted by Gasteiger charge is 2.49. The Kier molecular flexibility index (Phi) is 5.99. The molecule has 1 aromatic heterocycles. The molecule has 0 aliphatic carbocycles. The van der Waals surface area contributed by atoms with Crippen LogP contribution < -0.4 is 4.74 Å². The number of nitrogens with zero attached hydrogens (tertiary/aromatic N) is 4. The molecule has 148 valence electrons. The summed E-state index contributed by atoms with van der Waals surface area (Å²) in [5.41, 5.74) is -0.0859. The van der Waals surface area contributed by atoms with E-state index in [0.717, 1.165) is 26.0 Å². The first kappa shape index (κ1) is 21.0. The summed E-state index contributed by atoms with van der Waals surface area (Å²) < 4.78 is 33.6. The molecular formula is C19H26F2N4O2. The van der Waals surface area contributed by atoms with Crippen LogP contribution in [0.3, 0.4) is 0 Å². The molecule has 0 saturated carbocycles.